The fraction of sp³-hybridized carbons (Fsp3) is 0.600. The van der Waals surface area contributed by atoms with E-state index in [1.54, 1.807) is 32.9 Å². The molecule has 2 aromatic carbocycles. The molecule has 0 bridgehead atoms. The van der Waals surface area contributed by atoms with Crippen molar-refractivity contribution in [3.8, 4) is 11.5 Å². The van der Waals surface area contributed by atoms with Gasteiger partial charge in [0.15, 0.2) is 11.8 Å². The minimum atomic E-state index is -1.78. The van der Waals surface area contributed by atoms with E-state index in [1.807, 2.05) is 30.3 Å². The molecule has 1 fully saturated rings. The second-order valence-electron chi connectivity index (χ2n) is 14.2. The molecule has 1 aliphatic rings. The van der Waals surface area contributed by atoms with Gasteiger partial charge in [-0.2, -0.15) is 0 Å². The molecule has 1 heterocycles. The number of halogens is 1. The lowest BCUT2D eigenvalue weighted by atomic mass is 9.85. The first-order valence-corrected chi connectivity index (χ1v) is 19.0. The van der Waals surface area contributed by atoms with Crippen LogP contribution in [0.5, 0.6) is 11.5 Å². The van der Waals surface area contributed by atoms with Gasteiger partial charge in [-0.25, -0.2) is 9.69 Å². The third kappa shape index (κ3) is 12.2. The highest BCUT2D eigenvalue weighted by Crippen LogP contribution is 2.38. The van der Waals surface area contributed by atoms with Crippen LogP contribution in [0.4, 0.5) is 10.5 Å². The zero-order chi connectivity index (χ0) is 37.4. The van der Waals surface area contributed by atoms with Crippen LogP contribution in [0.1, 0.15) is 117 Å². The first kappa shape index (κ1) is 41.8. The summed E-state index contributed by atoms with van der Waals surface area (Å²) in [7, 11) is 1.31. The van der Waals surface area contributed by atoms with Crippen LogP contribution in [0.15, 0.2) is 42.5 Å². The molecule has 3 rings (SSSR count). The van der Waals surface area contributed by atoms with Crippen molar-refractivity contribution in [3.05, 3.63) is 53.1 Å². The van der Waals surface area contributed by atoms with Gasteiger partial charge in [0.1, 0.15) is 11.5 Å². The van der Waals surface area contributed by atoms with Gasteiger partial charge in [0, 0.05) is 24.7 Å². The van der Waals surface area contributed by atoms with Crippen LogP contribution in [0.2, 0.25) is 5.02 Å². The van der Waals surface area contributed by atoms with Crippen LogP contribution < -0.4 is 14.8 Å². The van der Waals surface area contributed by atoms with E-state index in [0.29, 0.717) is 29.7 Å². The number of ketones is 1. The smallest absolute Gasteiger partial charge is 0.330 e. The van der Waals surface area contributed by atoms with Gasteiger partial charge in [0.2, 0.25) is 6.23 Å². The van der Waals surface area contributed by atoms with E-state index in [2.05, 4.69) is 19.2 Å². The van der Waals surface area contributed by atoms with Crippen molar-refractivity contribution in [2.75, 3.05) is 25.6 Å². The lowest BCUT2D eigenvalue weighted by Gasteiger charge is -2.29. The Hall–Kier alpha value is -3.63. The number of amides is 4. The maximum Gasteiger partial charge on any atom is 0.330 e. The van der Waals surface area contributed by atoms with E-state index in [-0.39, 0.29) is 12.2 Å². The van der Waals surface area contributed by atoms with Crippen molar-refractivity contribution in [2.24, 2.45) is 5.41 Å². The van der Waals surface area contributed by atoms with E-state index in [0.717, 1.165) is 61.8 Å². The number of nitrogens with zero attached hydrogens (tertiary/aromatic N) is 2. The van der Waals surface area contributed by atoms with Crippen LogP contribution >= 0.6 is 11.6 Å². The molecule has 1 aliphatic heterocycles. The summed E-state index contributed by atoms with van der Waals surface area (Å²) in [5.41, 5.74) is -0.100. The quantitative estimate of drug-likeness (QED) is 0.0690. The van der Waals surface area contributed by atoms with Gasteiger partial charge in [-0.05, 0) is 18.4 Å². The van der Waals surface area contributed by atoms with Crippen molar-refractivity contribution in [1.82, 2.24) is 9.80 Å². The summed E-state index contributed by atoms with van der Waals surface area (Å²) in [6.45, 7) is 10.2. The zero-order valence-corrected chi connectivity index (χ0v) is 32.2. The number of imide groups is 1. The Morgan fingerprint density at radius 2 is 1.37 bits per heavy atom. The van der Waals surface area contributed by atoms with Crippen LogP contribution in [0, 0.1) is 5.41 Å². The summed E-state index contributed by atoms with van der Waals surface area (Å²) in [4.78, 5) is 57.9. The topological polar surface area (TPSA) is 114 Å². The molecule has 1 N–H and O–H groups in total. The molecule has 0 radical (unpaired) electrons. The van der Waals surface area contributed by atoms with E-state index in [9.17, 15) is 19.2 Å². The molecule has 2 unspecified atom stereocenters. The summed E-state index contributed by atoms with van der Waals surface area (Å²) in [6, 6.07) is 9.72. The number of unbranched alkanes of at least 4 members (excludes halogenated alkanes) is 10. The number of carbonyl (C=O) groups excluding carboxylic acids is 4. The summed E-state index contributed by atoms with van der Waals surface area (Å²) >= 11 is 6.66. The molecular weight excluding hydrogens is 670 g/mol. The zero-order valence-electron chi connectivity index (χ0n) is 31.4. The Labute approximate surface area is 309 Å². The Morgan fingerprint density at radius 3 is 1.92 bits per heavy atom. The maximum absolute atomic E-state index is 14.3. The Bertz CT molecular complexity index is 1430. The molecule has 0 saturated carbocycles. The number of benzene rings is 2. The largest absolute Gasteiger partial charge is 0.492 e. The Morgan fingerprint density at radius 1 is 0.824 bits per heavy atom. The van der Waals surface area contributed by atoms with E-state index in [1.165, 1.54) is 37.7 Å². The third-order valence-corrected chi connectivity index (χ3v) is 9.19. The second kappa shape index (κ2) is 21.0. The third-order valence-electron chi connectivity index (χ3n) is 8.90. The highest BCUT2D eigenvalue weighted by atomic mass is 35.5. The number of Topliss-reactive ketones (excluding diaryl/α,β-unsaturated/α-hetero) is 1. The first-order chi connectivity index (χ1) is 24.4. The summed E-state index contributed by atoms with van der Waals surface area (Å²) < 4.78 is 17.6. The van der Waals surface area contributed by atoms with Crippen LogP contribution in [0.3, 0.4) is 0 Å². The molecule has 0 aromatic heterocycles. The first-order valence-electron chi connectivity index (χ1n) is 18.6. The monoisotopic (exact) mass is 727 g/mol. The molecule has 0 spiro atoms. The average Bonchev–Trinajstić information content (AvgIpc) is 3.32. The number of urea groups is 1. The van der Waals surface area contributed by atoms with Gasteiger partial charge < -0.3 is 19.5 Å². The summed E-state index contributed by atoms with van der Waals surface area (Å²) in [5, 5.41) is 3.13. The Balaban J connectivity index is 1.91. The van der Waals surface area contributed by atoms with Gasteiger partial charge >= 0.3 is 6.03 Å². The molecule has 0 aliphatic carbocycles. The van der Waals surface area contributed by atoms with Gasteiger partial charge in [-0.15, -0.1) is 0 Å². The summed E-state index contributed by atoms with van der Waals surface area (Å²) in [5.74, 6) is -1.61. The molecule has 2 atom stereocenters. The van der Waals surface area contributed by atoms with Gasteiger partial charge in [-0.3, -0.25) is 19.3 Å². The van der Waals surface area contributed by atoms with Gasteiger partial charge in [0.25, 0.3) is 11.8 Å². The highest BCUT2D eigenvalue weighted by Gasteiger charge is 2.54. The lowest BCUT2D eigenvalue weighted by Crippen LogP contribution is -2.55. The van der Waals surface area contributed by atoms with Crippen molar-refractivity contribution in [3.63, 3.8) is 0 Å². The van der Waals surface area contributed by atoms with E-state index < -0.39 is 41.3 Å². The predicted octanol–water partition coefficient (Wildman–Crippen LogP) is 9.18. The molecule has 2 aromatic rings. The lowest BCUT2D eigenvalue weighted by molar-refractivity contribution is -0.148. The number of carbonyl (C=O) groups is 4. The summed E-state index contributed by atoms with van der Waals surface area (Å²) in [6.07, 6.45) is 11.7. The van der Waals surface area contributed by atoms with Crippen LogP contribution in [-0.4, -0.2) is 66.0 Å². The minimum Gasteiger partial charge on any atom is -0.492 e. The fourth-order valence-electron chi connectivity index (χ4n) is 5.94. The molecule has 1 saturated heterocycles. The fourth-order valence-corrected chi connectivity index (χ4v) is 6.15. The van der Waals surface area contributed by atoms with Crippen molar-refractivity contribution < 1.29 is 33.4 Å². The number of methoxy groups -OCH3 is 1. The number of hydrogen-bond donors (Lipinski definition) is 1. The van der Waals surface area contributed by atoms with E-state index in [4.69, 9.17) is 25.8 Å². The second-order valence-corrected chi connectivity index (χ2v) is 14.6. The van der Waals surface area contributed by atoms with Gasteiger partial charge in [-0.1, -0.05) is 141 Å². The molecule has 11 heteroatoms. The SMILES string of the molecule is CCCCCCCCOc1cc(NC(=O)C(C(=O)C(C)(C)C)N2C(=O)C(OC)N(Cc3ccccc3)C2=O)c(OCCCCCCCC)cc1Cl. The number of anilines is 1. The molecule has 4 amide bonds. The van der Waals surface area contributed by atoms with E-state index >= 15 is 0 Å². The van der Waals surface area contributed by atoms with Crippen molar-refractivity contribution in [2.45, 2.75) is 130 Å². The number of ether oxygens (including phenoxy) is 3. The van der Waals surface area contributed by atoms with Crippen LogP contribution in [0.25, 0.3) is 0 Å². The molecule has 10 nitrogen and oxygen atoms in total. The maximum atomic E-state index is 14.3. The molecule has 51 heavy (non-hydrogen) atoms. The molecule has 282 valence electrons. The van der Waals surface area contributed by atoms with Gasteiger partial charge in [0.05, 0.1) is 30.5 Å². The van der Waals surface area contributed by atoms with Crippen molar-refractivity contribution >= 4 is 40.9 Å². The average molecular weight is 728 g/mol. The normalized spacial score (nSPS) is 15.3. The van der Waals surface area contributed by atoms with Crippen molar-refractivity contribution in [1.29, 1.82) is 0 Å². The number of rotatable bonds is 23. The standard InChI is InChI=1S/C40H58ClN3O7/c1-7-9-11-13-15-20-24-50-32-27-31(33(26-30(32)41)51-25-21-16-14-12-10-8-2)42-36(46)34(35(45)40(3,4)5)44-37(47)38(49-6)43(39(44)48)28-29-22-18-17-19-23-29/h17-19,22-23,26-27,34,38H,7-16,20-21,24-25,28H2,1-6H3,(H,42,46). The highest BCUT2D eigenvalue weighted by molar-refractivity contribution is 6.32. The minimum absolute atomic E-state index is 0.0470. The van der Waals surface area contributed by atoms with Crippen LogP contribution in [-0.2, 0) is 25.7 Å². The number of hydrogen-bond acceptors (Lipinski definition) is 7. The molecular formula is C40H58ClN3O7. The number of nitrogens with one attached hydrogen (secondary N) is 1. The Kier molecular flexibility index (Phi) is 17.2. The predicted molar refractivity (Wildman–Crippen MR) is 201 cm³/mol.